The van der Waals surface area contributed by atoms with E-state index in [-0.39, 0.29) is 5.91 Å². The molecule has 0 bridgehead atoms. The molecule has 0 saturated heterocycles. The molecule has 0 unspecified atom stereocenters. The van der Waals surface area contributed by atoms with Crippen LogP contribution in [0.15, 0.2) is 30.3 Å². The van der Waals surface area contributed by atoms with Crippen molar-refractivity contribution < 1.29 is 17.9 Å². The summed E-state index contributed by atoms with van der Waals surface area (Å²) in [6.45, 7) is 0.705. The van der Waals surface area contributed by atoms with E-state index < -0.39 is 14.6 Å². The van der Waals surface area contributed by atoms with Crippen molar-refractivity contribution in [1.29, 1.82) is 0 Å². The Bertz CT molecular complexity index is 593. The summed E-state index contributed by atoms with van der Waals surface area (Å²) in [6.07, 6.45) is 2.79. The number of ether oxygens (including phenoxy) is 1. The molecule has 2 rings (SSSR count). The maximum Gasteiger partial charge on any atom is 0.243 e. The third-order valence-electron chi connectivity index (χ3n) is 4.05. The third kappa shape index (κ3) is 3.20. The van der Waals surface area contributed by atoms with E-state index in [0.29, 0.717) is 26.0 Å². The SMILES string of the molecule is CN(CCOc1ccccc1)C(=O)C1(S(C)(=O)=O)CCC1. The lowest BCUT2D eigenvalue weighted by Crippen LogP contribution is -2.57. The van der Waals surface area contributed by atoms with Crippen molar-refractivity contribution >= 4 is 15.7 Å². The highest BCUT2D eigenvalue weighted by Gasteiger charge is 2.53. The van der Waals surface area contributed by atoms with Crippen molar-refractivity contribution in [2.45, 2.75) is 24.0 Å². The topological polar surface area (TPSA) is 63.7 Å². The normalized spacial score (nSPS) is 16.9. The van der Waals surface area contributed by atoms with Gasteiger partial charge in [0.2, 0.25) is 5.91 Å². The first-order valence-corrected chi connectivity index (χ1v) is 8.89. The highest BCUT2D eigenvalue weighted by Crippen LogP contribution is 2.40. The lowest BCUT2D eigenvalue weighted by atomic mass is 9.83. The Hall–Kier alpha value is -1.56. The maximum atomic E-state index is 12.4. The van der Waals surface area contributed by atoms with Gasteiger partial charge in [-0.25, -0.2) is 8.42 Å². The van der Waals surface area contributed by atoms with Crippen LogP contribution in [-0.2, 0) is 14.6 Å². The highest BCUT2D eigenvalue weighted by molar-refractivity contribution is 7.93. The standard InChI is InChI=1S/C15H21NO4S/c1-16(11-12-20-13-7-4-3-5-8-13)14(17)15(9-6-10-15)21(2,18)19/h3-5,7-8H,6,9-12H2,1-2H3. The molecule has 6 heteroatoms. The number of likely N-dealkylation sites (N-methyl/N-ethyl adjacent to an activating group) is 1. The number of amides is 1. The smallest absolute Gasteiger partial charge is 0.243 e. The molecule has 1 fully saturated rings. The minimum atomic E-state index is -3.38. The van der Waals surface area contributed by atoms with E-state index in [1.165, 1.54) is 4.90 Å². The van der Waals surface area contributed by atoms with Gasteiger partial charge < -0.3 is 9.64 Å². The fraction of sp³-hybridized carbons (Fsp3) is 0.533. The molecule has 0 spiro atoms. The second-order valence-corrected chi connectivity index (χ2v) is 7.83. The number of hydrogen-bond acceptors (Lipinski definition) is 4. The van der Waals surface area contributed by atoms with Gasteiger partial charge in [0.25, 0.3) is 0 Å². The van der Waals surface area contributed by atoms with Gasteiger partial charge in [-0.1, -0.05) is 18.2 Å². The van der Waals surface area contributed by atoms with Crippen molar-refractivity contribution in [1.82, 2.24) is 4.90 Å². The fourth-order valence-corrected chi connectivity index (χ4v) is 4.01. The average molecular weight is 311 g/mol. The van der Waals surface area contributed by atoms with Crippen molar-refractivity contribution in [3.63, 3.8) is 0 Å². The summed E-state index contributed by atoms with van der Waals surface area (Å²) in [5.41, 5.74) is 0. The average Bonchev–Trinajstić information content (AvgIpc) is 2.36. The highest BCUT2D eigenvalue weighted by atomic mass is 32.2. The predicted molar refractivity (Wildman–Crippen MR) is 81.0 cm³/mol. The van der Waals surface area contributed by atoms with Crippen LogP contribution in [0.25, 0.3) is 0 Å². The second-order valence-electron chi connectivity index (χ2n) is 5.51. The first-order chi connectivity index (χ1) is 9.87. The number of carbonyl (C=O) groups is 1. The van der Waals surface area contributed by atoms with Gasteiger partial charge in [-0.15, -0.1) is 0 Å². The van der Waals surface area contributed by atoms with Gasteiger partial charge in [-0.3, -0.25) is 4.79 Å². The Morgan fingerprint density at radius 2 is 1.90 bits per heavy atom. The number of para-hydroxylation sites is 1. The van der Waals surface area contributed by atoms with E-state index in [4.69, 9.17) is 4.74 Å². The van der Waals surface area contributed by atoms with Crippen molar-refractivity contribution in [3.8, 4) is 5.75 Å². The Morgan fingerprint density at radius 1 is 1.29 bits per heavy atom. The second kappa shape index (κ2) is 6.05. The Morgan fingerprint density at radius 3 is 2.38 bits per heavy atom. The molecule has 1 saturated carbocycles. The summed E-state index contributed by atoms with van der Waals surface area (Å²) >= 11 is 0. The Kier molecular flexibility index (Phi) is 4.56. The third-order valence-corrected chi connectivity index (χ3v) is 6.05. The van der Waals surface area contributed by atoms with Gasteiger partial charge in [0.05, 0.1) is 6.54 Å². The van der Waals surface area contributed by atoms with E-state index in [1.54, 1.807) is 7.05 Å². The van der Waals surface area contributed by atoms with Crippen LogP contribution in [-0.4, -0.2) is 50.4 Å². The molecule has 1 aliphatic rings. The molecule has 1 aliphatic carbocycles. The van der Waals surface area contributed by atoms with E-state index >= 15 is 0 Å². The number of sulfone groups is 1. The largest absolute Gasteiger partial charge is 0.492 e. The molecule has 1 aromatic rings. The van der Waals surface area contributed by atoms with Gasteiger partial charge in [0, 0.05) is 13.3 Å². The number of carbonyl (C=O) groups excluding carboxylic acids is 1. The molecule has 1 amide bonds. The van der Waals surface area contributed by atoms with Crippen LogP contribution in [0.5, 0.6) is 5.75 Å². The van der Waals surface area contributed by atoms with Crippen LogP contribution in [0.2, 0.25) is 0 Å². The lowest BCUT2D eigenvalue weighted by Gasteiger charge is -2.40. The molecule has 1 aromatic carbocycles. The molecule has 5 nitrogen and oxygen atoms in total. The van der Waals surface area contributed by atoms with E-state index in [9.17, 15) is 13.2 Å². The van der Waals surface area contributed by atoms with Crippen LogP contribution in [0, 0.1) is 0 Å². The minimum absolute atomic E-state index is 0.312. The molecule has 0 aliphatic heterocycles. The van der Waals surface area contributed by atoms with Gasteiger partial charge in [-0.05, 0) is 31.4 Å². The van der Waals surface area contributed by atoms with Crippen LogP contribution in [0.4, 0.5) is 0 Å². The van der Waals surface area contributed by atoms with Crippen LogP contribution in [0.3, 0.4) is 0 Å². The maximum absolute atomic E-state index is 12.4. The van der Waals surface area contributed by atoms with Crippen molar-refractivity contribution in [2.75, 3.05) is 26.5 Å². The molecule has 0 heterocycles. The summed E-state index contributed by atoms with van der Waals surface area (Å²) in [4.78, 5) is 13.9. The number of nitrogens with zero attached hydrogens (tertiary/aromatic N) is 1. The summed E-state index contributed by atoms with van der Waals surface area (Å²) in [5, 5.41) is 0. The van der Waals surface area contributed by atoms with E-state index in [2.05, 4.69) is 0 Å². The quantitative estimate of drug-likeness (QED) is 0.798. The number of rotatable bonds is 6. The summed E-state index contributed by atoms with van der Waals surface area (Å²) in [7, 11) is -1.75. The van der Waals surface area contributed by atoms with E-state index in [1.807, 2.05) is 30.3 Å². The molecule has 0 aromatic heterocycles. The van der Waals surface area contributed by atoms with Gasteiger partial charge in [0.15, 0.2) is 14.6 Å². The Labute approximate surface area is 125 Å². The molecule has 0 atom stereocenters. The summed E-state index contributed by atoms with van der Waals surface area (Å²) < 4.78 is 28.1. The first-order valence-electron chi connectivity index (χ1n) is 7.00. The molecule has 0 N–H and O–H groups in total. The van der Waals surface area contributed by atoms with Crippen molar-refractivity contribution in [2.24, 2.45) is 0 Å². The molecule has 0 radical (unpaired) electrons. The summed E-state index contributed by atoms with van der Waals surface area (Å²) in [6, 6.07) is 9.32. The summed E-state index contributed by atoms with van der Waals surface area (Å²) in [5.74, 6) is 0.424. The van der Waals surface area contributed by atoms with Crippen LogP contribution >= 0.6 is 0 Å². The predicted octanol–water partition coefficient (Wildman–Crippen LogP) is 1.49. The van der Waals surface area contributed by atoms with Gasteiger partial charge in [-0.2, -0.15) is 0 Å². The monoisotopic (exact) mass is 311 g/mol. The molecular weight excluding hydrogens is 290 g/mol. The fourth-order valence-electron chi connectivity index (χ4n) is 2.51. The Balaban J connectivity index is 1.91. The number of benzene rings is 1. The lowest BCUT2D eigenvalue weighted by molar-refractivity contribution is -0.135. The molecular formula is C15H21NO4S. The van der Waals surface area contributed by atoms with Gasteiger partial charge >= 0.3 is 0 Å². The number of hydrogen-bond donors (Lipinski definition) is 0. The van der Waals surface area contributed by atoms with E-state index in [0.717, 1.165) is 18.4 Å². The van der Waals surface area contributed by atoms with Crippen molar-refractivity contribution in [3.05, 3.63) is 30.3 Å². The zero-order valence-corrected chi connectivity index (χ0v) is 13.2. The zero-order valence-electron chi connectivity index (χ0n) is 12.4. The zero-order chi connectivity index (χ0) is 15.5. The first kappa shape index (κ1) is 15.8. The van der Waals surface area contributed by atoms with Crippen LogP contribution in [0.1, 0.15) is 19.3 Å². The van der Waals surface area contributed by atoms with Gasteiger partial charge in [0.1, 0.15) is 12.4 Å². The molecule has 116 valence electrons. The minimum Gasteiger partial charge on any atom is -0.492 e. The molecule has 21 heavy (non-hydrogen) atoms. The van der Waals surface area contributed by atoms with Crippen LogP contribution < -0.4 is 4.74 Å².